The summed E-state index contributed by atoms with van der Waals surface area (Å²) in [5.74, 6) is 0.663. The summed E-state index contributed by atoms with van der Waals surface area (Å²) in [5.41, 5.74) is 2.40. The number of aryl methyl sites for hydroxylation is 1. The van der Waals surface area contributed by atoms with Gasteiger partial charge in [0.25, 0.3) is 0 Å². The van der Waals surface area contributed by atoms with Crippen LogP contribution in [0.3, 0.4) is 0 Å². The fourth-order valence-corrected chi connectivity index (χ4v) is 3.91. The van der Waals surface area contributed by atoms with Crippen LogP contribution < -0.4 is 10.2 Å². The van der Waals surface area contributed by atoms with E-state index < -0.39 is 0 Å². The monoisotopic (exact) mass is 533 g/mol. The zero-order valence-electron chi connectivity index (χ0n) is 17.0. The zero-order chi connectivity index (χ0) is 20.1. The van der Waals surface area contributed by atoms with E-state index in [2.05, 4.69) is 27.0 Å². The van der Waals surface area contributed by atoms with Gasteiger partial charge in [-0.1, -0.05) is 17.7 Å². The molecule has 0 aromatic heterocycles. The Morgan fingerprint density at radius 2 is 1.79 bits per heavy atom. The lowest BCUT2D eigenvalue weighted by molar-refractivity contribution is -0.147. The molecule has 0 spiro atoms. The summed E-state index contributed by atoms with van der Waals surface area (Å²) in [5, 5.41) is 4.04. The zero-order valence-corrected chi connectivity index (χ0v) is 20.1. The maximum absolute atomic E-state index is 11.9. The Balaban J connectivity index is 0.00000300. The van der Waals surface area contributed by atoms with Crippen molar-refractivity contribution in [2.45, 2.75) is 26.2 Å². The third-order valence-electron chi connectivity index (χ3n) is 5.30. The van der Waals surface area contributed by atoms with Gasteiger partial charge in [0.2, 0.25) is 11.8 Å². The Hall–Kier alpha value is -1.55. The quantitative estimate of drug-likeness (QED) is 0.279. The molecule has 1 N–H and O–H groups in total. The number of piperidine rings is 1. The lowest BCUT2D eigenvalue weighted by Crippen LogP contribution is -2.54. The van der Waals surface area contributed by atoms with Crippen LogP contribution >= 0.6 is 35.6 Å². The number of amides is 2. The topological polar surface area (TPSA) is 68.2 Å². The highest BCUT2D eigenvalue weighted by molar-refractivity contribution is 14.0. The second-order valence-corrected chi connectivity index (χ2v) is 7.61. The minimum Gasteiger partial charge on any atom is -0.368 e. The van der Waals surface area contributed by atoms with Crippen LogP contribution in [0.1, 0.15) is 24.8 Å². The van der Waals surface area contributed by atoms with E-state index in [0.29, 0.717) is 32.4 Å². The van der Waals surface area contributed by atoms with Crippen LogP contribution in [-0.4, -0.2) is 73.9 Å². The van der Waals surface area contributed by atoms with Crippen molar-refractivity contribution in [2.24, 2.45) is 4.99 Å². The molecule has 0 unspecified atom stereocenters. The number of rotatable bonds is 4. The molecule has 7 nitrogen and oxygen atoms in total. The van der Waals surface area contributed by atoms with Crippen LogP contribution in [0, 0.1) is 6.92 Å². The molecule has 2 amide bonds. The summed E-state index contributed by atoms with van der Waals surface area (Å²) < 4.78 is 0. The normalized spacial score (nSPS) is 18.0. The van der Waals surface area contributed by atoms with Crippen LogP contribution in [-0.2, 0) is 9.59 Å². The minimum absolute atomic E-state index is 0. The van der Waals surface area contributed by atoms with Crippen molar-refractivity contribution in [3.63, 3.8) is 0 Å². The first-order valence-electron chi connectivity index (χ1n) is 9.79. The van der Waals surface area contributed by atoms with Crippen molar-refractivity contribution in [1.82, 2.24) is 15.1 Å². The Kier molecular flexibility index (Phi) is 9.01. The molecule has 2 saturated heterocycles. The molecule has 2 heterocycles. The number of carbonyl (C=O) groups excluding carboxylic acids is 2. The van der Waals surface area contributed by atoms with Gasteiger partial charge in [-0.05, 0) is 31.0 Å². The van der Waals surface area contributed by atoms with Gasteiger partial charge in [-0.15, -0.1) is 24.0 Å². The van der Waals surface area contributed by atoms with Crippen LogP contribution in [0.4, 0.5) is 5.69 Å². The molecule has 3 rings (SSSR count). The van der Waals surface area contributed by atoms with Gasteiger partial charge in [0.1, 0.15) is 0 Å². The van der Waals surface area contributed by atoms with Gasteiger partial charge in [-0.2, -0.15) is 0 Å². The summed E-state index contributed by atoms with van der Waals surface area (Å²) in [6.07, 6.45) is 1.59. The maximum atomic E-state index is 11.9. The molecule has 2 aliphatic heterocycles. The van der Waals surface area contributed by atoms with Gasteiger partial charge in [-0.3, -0.25) is 19.5 Å². The molecule has 1 aromatic carbocycles. The van der Waals surface area contributed by atoms with Crippen LogP contribution in [0.25, 0.3) is 0 Å². The molecule has 0 atom stereocenters. The van der Waals surface area contributed by atoms with E-state index in [1.54, 1.807) is 7.05 Å². The van der Waals surface area contributed by atoms with Gasteiger partial charge in [-0.25, -0.2) is 0 Å². The predicted octanol–water partition coefficient (Wildman–Crippen LogP) is 2.50. The molecular formula is C20H29ClIN5O2. The number of halogens is 2. The number of imide groups is 1. The molecule has 160 valence electrons. The van der Waals surface area contributed by atoms with Crippen LogP contribution in [0.2, 0.25) is 5.02 Å². The molecule has 1 aromatic rings. The van der Waals surface area contributed by atoms with Crippen molar-refractivity contribution >= 4 is 59.0 Å². The Labute approximate surface area is 194 Å². The lowest BCUT2D eigenvalue weighted by atomic mass is 10.1. The molecule has 0 bridgehead atoms. The smallest absolute Gasteiger partial charge is 0.229 e. The van der Waals surface area contributed by atoms with Crippen molar-refractivity contribution in [2.75, 3.05) is 51.2 Å². The van der Waals surface area contributed by atoms with E-state index in [1.807, 2.05) is 18.2 Å². The summed E-state index contributed by atoms with van der Waals surface area (Å²) in [7, 11) is 1.76. The maximum Gasteiger partial charge on any atom is 0.229 e. The molecule has 0 radical (unpaired) electrons. The first kappa shape index (κ1) is 23.7. The fourth-order valence-electron chi connectivity index (χ4n) is 3.74. The van der Waals surface area contributed by atoms with Crippen molar-refractivity contribution in [3.8, 4) is 0 Å². The number of carbonyl (C=O) groups is 2. The number of guanidine groups is 1. The van der Waals surface area contributed by atoms with Gasteiger partial charge in [0.15, 0.2) is 5.96 Å². The average molecular weight is 534 g/mol. The van der Waals surface area contributed by atoms with Crippen molar-refractivity contribution in [1.29, 1.82) is 0 Å². The molecule has 0 saturated carbocycles. The fraction of sp³-hybridized carbons (Fsp3) is 0.550. The third-order valence-corrected chi connectivity index (χ3v) is 5.54. The second kappa shape index (κ2) is 11.0. The highest BCUT2D eigenvalue weighted by atomic mass is 127. The van der Waals surface area contributed by atoms with E-state index in [9.17, 15) is 9.59 Å². The molecule has 29 heavy (non-hydrogen) atoms. The van der Waals surface area contributed by atoms with Crippen LogP contribution in [0.5, 0.6) is 0 Å². The number of hydrogen-bond acceptors (Lipinski definition) is 4. The van der Waals surface area contributed by atoms with Gasteiger partial charge < -0.3 is 15.1 Å². The summed E-state index contributed by atoms with van der Waals surface area (Å²) >= 11 is 6.16. The number of likely N-dealkylation sites (tertiary alicyclic amines) is 1. The highest BCUT2D eigenvalue weighted by Gasteiger charge is 2.26. The highest BCUT2D eigenvalue weighted by Crippen LogP contribution is 2.25. The first-order chi connectivity index (χ1) is 13.5. The van der Waals surface area contributed by atoms with E-state index in [-0.39, 0.29) is 35.8 Å². The number of benzene rings is 1. The van der Waals surface area contributed by atoms with Crippen LogP contribution in [0.15, 0.2) is 23.2 Å². The lowest BCUT2D eigenvalue weighted by Gasteiger charge is -2.38. The largest absolute Gasteiger partial charge is 0.368 e. The molecule has 0 aliphatic carbocycles. The van der Waals surface area contributed by atoms with E-state index in [4.69, 9.17) is 11.6 Å². The minimum atomic E-state index is -0.0708. The summed E-state index contributed by atoms with van der Waals surface area (Å²) in [4.78, 5) is 34.1. The molecule has 2 aliphatic rings. The van der Waals surface area contributed by atoms with E-state index in [1.165, 1.54) is 16.2 Å². The number of piperazine rings is 1. The number of nitrogens with zero attached hydrogens (tertiary/aromatic N) is 4. The number of hydrogen-bond donors (Lipinski definition) is 1. The van der Waals surface area contributed by atoms with Crippen molar-refractivity contribution in [3.05, 3.63) is 28.8 Å². The van der Waals surface area contributed by atoms with E-state index >= 15 is 0 Å². The predicted molar refractivity (Wildman–Crippen MR) is 127 cm³/mol. The standard InChI is InChI=1S/C20H28ClN5O2.HI/c1-15-6-7-16(21)14-17(15)24-10-12-25(13-11-24)20(22-2)23-8-9-26-18(27)4-3-5-19(26)28;/h6-7,14H,3-5,8-13H2,1-2H3,(H,22,23);1H. The van der Waals surface area contributed by atoms with Crippen molar-refractivity contribution < 1.29 is 9.59 Å². The van der Waals surface area contributed by atoms with Gasteiger partial charge in [0.05, 0.1) is 0 Å². The van der Waals surface area contributed by atoms with Gasteiger partial charge >= 0.3 is 0 Å². The molecule has 9 heteroatoms. The second-order valence-electron chi connectivity index (χ2n) is 7.17. The molecule has 2 fully saturated rings. The first-order valence-corrected chi connectivity index (χ1v) is 10.2. The van der Waals surface area contributed by atoms with E-state index in [0.717, 1.165) is 37.2 Å². The SMILES string of the molecule is CN=C(NCCN1C(=O)CCCC1=O)N1CCN(c2cc(Cl)ccc2C)CC1.I. The van der Waals surface area contributed by atoms with Gasteiger partial charge in [0, 0.05) is 69.9 Å². The summed E-state index contributed by atoms with van der Waals surface area (Å²) in [6.45, 7) is 6.44. The average Bonchev–Trinajstić information content (AvgIpc) is 2.69. The third kappa shape index (κ3) is 5.97. The number of aliphatic imine (C=N–C) groups is 1. The Morgan fingerprint density at radius 1 is 1.14 bits per heavy atom. The summed E-state index contributed by atoms with van der Waals surface area (Å²) in [6, 6.07) is 5.99. The number of nitrogens with one attached hydrogen (secondary N) is 1. The Morgan fingerprint density at radius 3 is 2.41 bits per heavy atom. The molecular weight excluding hydrogens is 505 g/mol. The Bertz CT molecular complexity index is 749. The number of anilines is 1.